The Bertz CT molecular complexity index is 419. The molecule has 0 heterocycles. The van der Waals surface area contributed by atoms with Crippen molar-refractivity contribution in [2.45, 2.75) is 27.2 Å². The van der Waals surface area contributed by atoms with Crippen LogP contribution in [-0.4, -0.2) is 16.9 Å². The third kappa shape index (κ3) is 2.69. The molecular formula is C13H16O3. The summed E-state index contributed by atoms with van der Waals surface area (Å²) >= 11 is 0. The summed E-state index contributed by atoms with van der Waals surface area (Å²) in [6.45, 7) is 4.97. The van der Waals surface area contributed by atoms with Gasteiger partial charge >= 0.3 is 5.97 Å². The standard InChI is InChI=1S/C13H16O3/c1-9-6-4-5-7-10(9)11(14)8-13(2,3)12(15)16/h4-7H,8H2,1-3H3,(H,15,16). The Kier molecular flexibility index (Phi) is 3.48. The van der Waals surface area contributed by atoms with Crippen LogP contribution in [-0.2, 0) is 4.79 Å². The quantitative estimate of drug-likeness (QED) is 0.794. The van der Waals surface area contributed by atoms with Gasteiger partial charge in [0.25, 0.3) is 0 Å². The number of aliphatic carboxylic acids is 1. The zero-order valence-electron chi connectivity index (χ0n) is 9.78. The monoisotopic (exact) mass is 220 g/mol. The van der Waals surface area contributed by atoms with E-state index >= 15 is 0 Å². The summed E-state index contributed by atoms with van der Waals surface area (Å²) in [5.41, 5.74) is 0.477. The molecule has 3 nitrogen and oxygen atoms in total. The highest BCUT2D eigenvalue weighted by Crippen LogP contribution is 2.24. The molecule has 0 radical (unpaired) electrons. The molecule has 1 aromatic carbocycles. The second-order valence-corrected chi connectivity index (χ2v) is 4.60. The summed E-state index contributed by atoms with van der Waals surface area (Å²) in [5, 5.41) is 8.95. The first-order valence-corrected chi connectivity index (χ1v) is 5.17. The lowest BCUT2D eigenvalue weighted by Gasteiger charge is -2.18. The van der Waals surface area contributed by atoms with Crippen LogP contribution in [0.5, 0.6) is 0 Å². The summed E-state index contributed by atoms with van der Waals surface area (Å²) in [5.74, 6) is -1.07. The fourth-order valence-electron chi connectivity index (χ4n) is 1.46. The Labute approximate surface area is 95.1 Å². The number of aryl methyl sites for hydroxylation is 1. The number of carboxylic acids is 1. The number of carbonyl (C=O) groups excluding carboxylic acids is 1. The van der Waals surface area contributed by atoms with Crippen molar-refractivity contribution in [1.82, 2.24) is 0 Å². The van der Waals surface area contributed by atoms with Crippen LogP contribution >= 0.6 is 0 Å². The Morgan fingerprint density at radius 2 is 1.81 bits per heavy atom. The largest absolute Gasteiger partial charge is 0.481 e. The van der Waals surface area contributed by atoms with Crippen molar-refractivity contribution in [2.24, 2.45) is 5.41 Å². The molecule has 86 valence electrons. The van der Waals surface area contributed by atoms with Crippen LogP contribution in [0.3, 0.4) is 0 Å². The number of hydrogen-bond acceptors (Lipinski definition) is 2. The Morgan fingerprint density at radius 3 is 2.31 bits per heavy atom. The van der Waals surface area contributed by atoms with E-state index in [0.717, 1.165) is 5.56 Å². The van der Waals surface area contributed by atoms with Gasteiger partial charge in [-0.3, -0.25) is 9.59 Å². The summed E-state index contributed by atoms with van der Waals surface area (Å²) < 4.78 is 0. The normalized spacial score (nSPS) is 11.2. The van der Waals surface area contributed by atoms with Crippen molar-refractivity contribution in [3.8, 4) is 0 Å². The highest BCUT2D eigenvalue weighted by Gasteiger charge is 2.30. The van der Waals surface area contributed by atoms with Crippen molar-refractivity contribution < 1.29 is 14.7 Å². The average Bonchev–Trinajstić information content (AvgIpc) is 2.17. The first-order valence-electron chi connectivity index (χ1n) is 5.17. The molecule has 3 heteroatoms. The summed E-state index contributed by atoms with van der Waals surface area (Å²) in [6.07, 6.45) is 0.0210. The predicted octanol–water partition coefficient (Wildman–Crippen LogP) is 2.68. The molecule has 0 amide bonds. The van der Waals surface area contributed by atoms with E-state index in [2.05, 4.69) is 0 Å². The molecule has 16 heavy (non-hydrogen) atoms. The fourth-order valence-corrected chi connectivity index (χ4v) is 1.46. The molecule has 0 aliphatic carbocycles. The van der Waals surface area contributed by atoms with Crippen LogP contribution in [0.25, 0.3) is 0 Å². The molecule has 1 rings (SSSR count). The molecule has 1 N–H and O–H groups in total. The van der Waals surface area contributed by atoms with E-state index in [1.807, 2.05) is 19.1 Å². The summed E-state index contributed by atoms with van der Waals surface area (Å²) in [6, 6.07) is 7.22. The SMILES string of the molecule is Cc1ccccc1C(=O)CC(C)(C)C(=O)O. The van der Waals surface area contributed by atoms with Crippen LogP contribution in [0.15, 0.2) is 24.3 Å². The van der Waals surface area contributed by atoms with Gasteiger partial charge in [-0.1, -0.05) is 24.3 Å². The number of benzene rings is 1. The molecule has 0 fully saturated rings. The highest BCUT2D eigenvalue weighted by molar-refractivity contribution is 5.99. The summed E-state index contributed by atoms with van der Waals surface area (Å²) in [4.78, 5) is 22.8. The Hall–Kier alpha value is -1.64. The molecule has 0 bridgehead atoms. The molecule has 0 spiro atoms. The van der Waals surface area contributed by atoms with E-state index in [4.69, 9.17) is 5.11 Å². The first kappa shape index (κ1) is 12.4. The molecule has 0 atom stereocenters. The van der Waals surface area contributed by atoms with E-state index in [9.17, 15) is 9.59 Å². The Balaban J connectivity index is 2.89. The van der Waals surface area contributed by atoms with Gasteiger partial charge in [0.2, 0.25) is 0 Å². The van der Waals surface area contributed by atoms with Crippen molar-refractivity contribution in [3.63, 3.8) is 0 Å². The number of carboxylic acid groups (broad SMARTS) is 1. The maximum absolute atomic E-state index is 11.9. The lowest BCUT2D eigenvalue weighted by molar-refractivity contribution is -0.146. The predicted molar refractivity (Wildman–Crippen MR) is 61.5 cm³/mol. The van der Waals surface area contributed by atoms with Crippen LogP contribution < -0.4 is 0 Å². The highest BCUT2D eigenvalue weighted by atomic mass is 16.4. The Morgan fingerprint density at radius 1 is 1.25 bits per heavy atom. The van der Waals surface area contributed by atoms with Crippen molar-refractivity contribution in [2.75, 3.05) is 0 Å². The van der Waals surface area contributed by atoms with E-state index in [1.165, 1.54) is 0 Å². The van der Waals surface area contributed by atoms with Crippen molar-refractivity contribution >= 4 is 11.8 Å². The van der Waals surface area contributed by atoms with Gasteiger partial charge in [0.05, 0.1) is 5.41 Å². The van der Waals surface area contributed by atoms with E-state index in [1.54, 1.807) is 26.0 Å². The molecule has 0 unspecified atom stereocenters. The molecule has 0 aromatic heterocycles. The lowest BCUT2D eigenvalue weighted by atomic mass is 9.85. The third-order valence-electron chi connectivity index (χ3n) is 2.63. The van der Waals surface area contributed by atoms with Gasteiger partial charge in [-0.25, -0.2) is 0 Å². The van der Waals surface area contributed by atoms with Crippen molar-refractivity contribution in [1.29, 1.82) is 0 Å². The molecule has 0 aliphatic rings. The molecular weight excluding hydrogens is 204 g/mol. The number of hydrogen-bond donors (Lipinski definition) is 1. The minimum atomic E-state index is -1.01. The average molecular weight is 220 g/mol. The molecule has 0 saturated carbocycles. The van der Waals surface area contributed by atoms with Gasteiger partial charge in [-0.2, -0.15) is 0 Å². The third-order valence-corrected chi connectivity index (χ3v) is 2.63. The zero-order valence-corrected chi connectivity index (χ0v) is 9.78. The van der Waals surface area contributed by atoms with Crippen LogP contribution in [0.4, 0.5) is 0 Å². The van der Waals surface area contributed by atoms with E-state index < -0.39 is 11.4 Å². The molecule has 1 aromatic rings. The second-order valence-electron chi connectivity index (χ2n) is 4.60. The first-order chi connectivity index (χ1) is 7.34. The van der Waals surface area contributed by atoms with Crippen LogP contribution in [0.2, 0.25) is 0 Å². The summed E-state index contributed by atoms with van der Waals surface area (Å²) in [7, 11) is 0. The topological polar surface area (TPSA) is 54.4 Å². The maximum atomic E-state index is 11.9. The number of rotatable bonds is 4. The van der Waals surface area contributed by atoms with Crippen molar-refractivity contribution in [3.05, 3.63) is 35.4 Å². The minimum absolute atomic E-state index is 0.0210. The number of carbonyl (C=O) groups is 2. The molecule has 0 aliphatic heterocycles. The number of ketones is 1. The molecule has 0 saturated heterocycles. The fraction of sp³-hybridized carbons (Fsp3) is 0.385. The number of Topliss-reactive ketones (excluding diaryl/α,β-unsaturated/α-hetero) is 1. The second kappa shape index (κ2) is 4.47. The zero-order chi connectivity index (χ0) is 12.3. The van der Waals surface area contributed by atoms with E-state index in [0.29, 0.717) is 5.56 Å². The van der Waals surface area contributed by atoms with Gasteiger partial charge in [0.15, 0.2) is 5.78 Å². The maximum Gasteiger partial charge on any atom is 0.309 e. The van der Waals surface area contributed by atoms with Gasteiger partial charge in [-0.15, -0.1) is 0 Å². The van der Waals surface area contributed by atoms with Gasteiger partial charge in [0.1, 0.15) is 0 Å². The van der Waals surface area contributed by atoms with Gasteiger partial charge in [0, 0.05) is 12.0 Å². The minimum Gasteiger partial charge on any atom is -0.481 e. The lowest BCUT2D eigenvalue weighted by Crippen LogP contribution is -2.27. The van der Waals surface area contributed by atoms with Gasteiger partial charge in [-0.05, 0) is 26.3 Å². The van der Waals surface area contributed by atoms with Gasteiger partial charge < -0.3 is 5.11 Å². The van der Waals surface area contributed by atoms with Crippen LogP contribution in [0, 0.1) is 12.3 Å². The van der Waals surface area contributed by atoms with E-state index in [-0.39, 0.29) is 12.2 Å². The smallest absolute Gasteiger partial charge is 0.309 e. The van der Waals surface area contributed by atoms with Crippen LogP contribution in [0.1, 0.15) is 36.2 Å².